The Morgan fingerprint density at radius 2 is 2.00 bits per heavy atom. The van der Waals surface area contributed by atoms with E-state index in [4.69, 9.17) is 0 Å². The van der Waals surface area contributed by atoms with Crippen molar-refractivity contribution in [2.45, 2.75) is 32.2 Å². The first-order valence-corrected chi connectivity index (χ1v) is 7.67. The molecule has 2 N–H and O–H groups in total. The van der Waals surface area contributed by atoms with E-state index in [2.05, 4.69) is 38.7 Å². The number of amides is 1. The lowest BCUT2D eigenvalue weighted by Crippen LogP contribution is -2.40. The molecule has 1 saturated carbocycles. The topological polar surface area (TPSA) is 41.1 Å². The summed E-state index contributed by atoms with van der Waals surface area (Å²) in [5.74, 6) is 0.901. The number of halogens is 2. The maximum atomic E-state index is 11.7. The van der Waals surface area contributed by atoms with Crippen LogP contribution >= 0.6 is 28.3 Å². The first-order valence-electron chi connectivity index (χ1n) is 6.88. The summed E-state index contributed by atoms with van der Waals surface area (Å²) in [6.07, 6.45) is 3.49. The van der Waals surface area contributed by atoms with E-state index >= 15 is 0 Å². The van der Waals surface area contributed by atoms with Crippen molar-refractivity contribution in [3.8, 4) is 0 Å². The quantitative estimate of drug-likeness (QED) is 0.784. The number of carbonyl (C=O) groups excluding carboxylic acids is 1. The zero-order valence-corrected chi connectivity index (χ0v) is 14.1. The summed E-state index contributed by atoms with van der Waals surface area (Å²) in [4.78, 5) is 11.7. The van der Waals surface area contributed by atoms with E-state index in [-0.39, 0.29) is 24.4 Å². The van der Waals surface area contributed by atoms with Gasteiger partial charge in [0.1, 0.15) is 0 Å². The van der Waals surface area contributed by atoms with Gasteiger partial charge in [0.25, 0.3) is 0 Å². The van der Waals surface area contributed by atoms with Crippen LogP contribution in [-0.2, 0) is 11.2 Å². The van der Waals surface area contributed by atoms with Crippen LogP contribution < -0.4 is 10.6 Å². The van der Waals surface area contributed by atoms with Crippen molar-refractivity contribution >= 4 is 34.2 Å². The second-order valence-electron chi connectivity index (χ2n) is 5.37. The summed E-state index contributed by atoms with van der Waals surface area (Å²) < 4.78 is 1.08. The fraction of sp³-hybridized carbons (Fsp3) is 0.533. The molecule has 0 radical (unpaired) electrons. The van der Waals surface area contributed by atoms with Gasteiger partial charge < -0.3 is 10.6 Å². The highest BCUT2D eigenvalue weighted by molar-refractivity contribution is 9.10. The molecule has 0 aliphatic heterocycles. The fourth-order valence-corrected chi connectivity index (χ4v) is 2.33. The van der Waals surface area contributed by atoms with Gasteiger partial charge in [0, 0.05) is 10.5 Å². The highest BCUT2D eigenvalue weighted by atomic mass is 79.9. The van der Waals surface area contributed by atoms with Crippen LogP contribution in [0.1, 0.15) is 25.3 Å². The van der Waals surface area contributed by atoms with Crippen molar-refractivity contribution in [1.29, 1.82) is 0 Å². The maximum Gasteiger partial charge on any atom is 0.234 e. The van der Waals surface area contributed by atoms with E-state index in [9.17, 15) is 4.79 Å². The molecule has 1 aliphatic carbocycles. The van der Waals surface area contributed by atoms with Crippen LogP contribution in [0.25, 0.3) is 0 Å². The van der Waals surface area contributed by atoms with Gasteiger partial charge in [0.15, 0.2) is 0 Å². The van der Waals surface area contributed by atoms with Crippen LogP contribution in [0.4, 0.5) is 0 Å². The summed E-state index contributed by atoms with van der Waals surface area (Å²) in [7, 11) is 0. The average molecular weight is 362 g/mol. The molecular formula is C15H22BrClN2O. The largest absolute Gasteiger partial charge is 0.352 e. The van der Waals surface area contributed by atoms with Crippen LogP contribution in [-0.4, -0.2) is 25.0 Å². The Bertz CT molecular complexity index is 420. The minimum Gasteiger partial charge on any atom is -0.352 e. The van der Waals surface area contributed by atoms with Crippen molar-refractivity contribution < 1.29 is 4.79 Å². The molecule has 0 saturated heterocycles. The van der Waals surface area contributed by atoms with Gasteiger partial charge in [-0.1, -0.05) is 28.1 Å². The lowest BCUT2D eigenvalue weighted by molar-refractivity contribution is -0.120. The van der Waals surface area contributed by atoms with Crippen molar-refractivity contribution in [2.75, 3.05) is 13.1 Å². The lowest BCUT2D eigenvalue weighted by atomic mass is 10.1. The summed E-state index contributed by atoms with van der Waals surface area (Å²) >= 11 is 3.42. The molecule has 1 aromatic carbocycles. The highest BCUT2D eigenvalue weighted by Gasteiger charge is 2.20. The average Bonchev–Trinajstić information content (AvgIpc) is 3.16. The van der Waals surface area contributed by atoms with Crippen LogP contribution in [0.2, 0.25) is 0 Å². The Morgan fingerprint density at radius 1 is 1.35 bits per heavy atom. The Kier molecular flexibility index (Phi) is 7.56. The van der Waals surface area contributed by atoms with E-state index in [1.54, 1.807) is 0 Å². The molecule has 5 heteroatoms. The highest BCUT2D eigenvalue weighted by Crippen LogP contribution is 2.27. The second-order valence-corrected chi connectivity index (χ2v) is 6.29. The van der Waals surface area contributed by atoms with E-state index in [0.717, 1.165) is 23.4 Å². The van der Waals surface area contributed by atoms with Crippen molar-refractivity contribution in [2.24, 2.45) is 5.92 Å². The number of rotatable bonds is 7. The van der Waals surface area contributed by atoms with Crippen molar-refractivity contribution in [3.05, 3.63) is 34.3 Å². The predicted octanol–water partition coefficient (Wildman–Crippen LogP) is 2.92. The maximum absolute atomic E-state index is 11.7. The summed E-state index contributed by atoms with van der Waals surface area (Å²) in [5, 5.41) is 6.23. The van der Waals surface area contributed by atoms with Gasteiger partial charge in [-0.05, 0) is 56.3 Å². The molecule has 3 nitrogen and oxygen atoms in total. The molecule has 0 aromatic heterocycles. The molecule has 1 atom stereocenters. The number of hydrogen-bond donors (Lipinski definition) is 2. The van der Waals surface area contributed by atoms with E-state index in [1.165, 1.54) is 18.4 Å². The third kappa shape index (κ3) is 6.73. The summed E-state index contributed by atoms with van der Waals surface area (Å²) in [6.45, 7) is 3.45. The van der Waals surface area contributed by atoms with Gasteiger partial charge in [-0.3, -0.25) is 4.79 Å². The summed E-state index contributed by atoms with van der Waals surface area (Å²) in [5.41, 5.74) is 1.24. The molecule has 1 aromatic rings. The molecule has 2 rings (SSSR count). The molecule has 0 spiro atoms. The zero-order chi connectivity index (χ0) is 13.7. The van der Waals surface area contributed by atoms with Gasteiger partial charge in [0.2, 0.25) is 5.91 Å². The van der Waals surface area contributed by atoms with Crippen molar-refractivity contribution in [1.82, 2.24) is 10.6 Å². The van der Waals surface area contributed by atoms with E-state index in [0.29, 0.717) is 6.54 Å². The Labute approximate surface area is 135 Å². The number of hydrogen-bond acceptors (Lipinski definition) is 2. The minimum absolute atomic E-state index is 0. The second kappa shape index (κ2) is 8.65. The smallest absolute Gasteiger partial charge is 0.234 e. The molecule has 1 amide bonds. The SMILES string of the molecule is CC(Cc1ccc(Br)cc1)NC(=O)CNCC1CC1.Cl. The molecule has 0 bridgehead atoms. The standard InChI is InChI=1S/C15H21BrN2O.ClH/c1-11(8-12-4-6-14(16)7-5-12)18-15(19)10-17-9-13-2-3-13;/h4-7,11,13,17H,2-3,8-10H2,1H3,(H,18,19);1H. The van der Waals surface area contributed by atoms with Gasteiger partial charge in [0.05, 0.1) is 6.54 Å². The Balaban J connectivity index is 0.00000200. The zero-order valence-electron chi connectivity index (χ0n) is 11.7. The van der Waals surface area contributed by atoms with Gasteiger partial charge in [-0.2, -0.15) is 0 Å². The number of nitrogens with one attached hydrogen (secondary N) is 2. The van der Waals surface area contributed by atoms with Gasteiger partial charge in [-0.25, -0.2) is 0 Å². The Morgan fingerprint density at radius 3 is 2.60 bits per heavy atom. The van der Waals surface area contributed by atoms with Crippen LogP contribution in [0, 0.1) is 5.92 Å². The van der Waals surface area contributed by atoms with Crippen molar-refractivity contribution in [3.63, 3.8) is 0 Å². The molecular weight excluding hydrogens is 340 g/mol. The molecule has 0 heterocycles. The number of carbonyl (C=O) groups is 1. The molecule has 20 heavy (non-hydrogen) atoms. The van der Waals surface area contributed by atoms with Crippen LogP contribution in [0.5, 0.6) is 0 Å². The van der Waals surface area contributed by atoms with Gasteiger partial charge in [-0.15, -0.1) is 12.4 Å². The lowest BCUT2D eigenvalue weighted by Gasteiger charge is -2.14. The first kappa shape index (κ1) is 17.5. The monoisotopic (exact) mass is 360 g/mol. The predicted molar refractivity (Wildman–Crippen MR) is 88.3 cm³/mol. The number of benzene rings is 1. The minimum atomic E-state index is 0. The van der Waals surface area contributed by atoms with Crippen LogP contribution in [0.15, 0.2) is 28.7 Å². The van der Waals surface area contributed by atoms with Crippen LogP contribution in [0.3, 0.4) is 0 Å². The Hall–Kier alpha value is -0.580. The third-order valence-electron chi connectivity index (χ3n) is 3.28. The fourth-order valence-electron chi connectivity index (χ4n) is 2.06. The molecule has 1 unspecified atom stereocenters. The van der Waals surface area contributed by atoms with E-state index < -0.39 is 0 Å². The third-order valence-corrected chi connectivity index (χ3v) is 3.81. The normalized spacial score (nSPS) is 15.3. The summed E-state index contributed by atoms with van der Waals surface area (Å²) in [6, 6.07) is 8.38. The molecule has 112 valence electrons. The van der Waals surface area contributed by atoms with E-state index in [1.807, 2.05) is 19.1 Å². The molecule has 1 aliphatic rings. The molecule has 1 fully saturated rings. The first-order chi connectivity index (χ1) is 9.13. The van der Waals surface area contributed by atoms with Gasteiger partial charge >= 0.3 is 0 Å².